The summed E-state index contributed by atoms with van der Waals surface area (Å²) in [4.78, 5) is 30.8. The minimum atomic E-state index is -4.52. The molecule has 0 spiro atoms. The maximum atomic E-state index is 13.7. The Morgan fingerprint density at radius 2 is 1.47 bits per heavy atom. The first kappa shape index (κ1) is 29.8. The molecule has 0 fully saturated rings. The quantitative estimate of drug-likeness (QED) is 0.198. The lowest BCUT2D eigenvalue weighted by atomic mass is 9.73. The summed E-state index contributed by atoms with van der Waals surface area (Å²) in [6.07, 6.45) is -2.03. The van der Waals surface area contributed by atoms with Gasteiger partial charge in [0.25, 0.3) is 5.91 Å². The Morgan fingerprint density at radius 1 is 0.837 bits per heavy atom. The van der Waals surface area contributed by atoms with Gasteiger partial charge in [0.1, 0.15) is 12.0 Å². The van der Waals surface area contributed by atoms with Crippen molar-refractivity contribution in [1.29, 1.82) is 0 Å². The number of aromatic nitrogens is 2. The Balaban J connectivity index is 0.00000368. The average Bonchev–Trinajstić information content (AvgIpc) is 3.53. The van der Waals surface area contributed by atoms with E-state index in [-0.39, 0.29) is 18.3 Å². The number of alkyl halides is 3. The maximum absolute atomic E-state index is 13.7. The zero-order chi connectivity index (χ0) is 29.3. The van der Waals surface area contributed by atoms with Gasteiger partial charge in [-0.3, -0.25) is 9.59 Å². The van der Waals surface area contributed by atoms with E-state index in [0.29, 0.717) is 47.3 Å². The topological polar surface area (TPSA) is 76.0 Å². The van der Waals surface area contributed by atoms with Crippen molar-refractivity contribution < 1.29 is 22.8 Å². The normalized spacial score (nSPS) is 13.1. The Bertz CT molecular complexity index is 1740. The van der Waals surface area contributed by atoms with Gasteiger partial charge < -0.3 is 15.2 Å². The number of carbonyl (C=O) groups is 2. The smallest absolute Gasteiger partial charge is 0.346 e. The molecule has 0 aliphatic heterocycles. The summed E-state index contributed by atoms with van der Waals surface area (Å²) < 4.78 is 41.4. The van der Waals surface area contributed by atoms with Crippen molar-refractivity contribution in [3.63, 3.8) is 0 Å². The Labute approximate surface area is 252 Å². The highest BCUT2D eigenvalue weighted by Gasteiger charge is 2.49. The van der Waals surface area contributed by atoms with Crippen molar-refractivity contribution in [3.05, 3.63) is 120 Å². The molecule has 4 aromatic carbocycles. The first-order chi connectivity index (χ1) is 20.3. The third-order valence-electron chi connectivity index (χ3n) is 7.77. The van der Waals surface area contributed by atoms with Gasteiger partial charge in [-0.05, 0) is 65.4 Å². The molecule has 2 amide bonds. The van der Waals surface area contributed by atoms with Crippen LogP contribution in [0.4, 0.5) is 18.9 Å². The molecule has 6 rings (SSSR count). The number of anilines is 1. The molecule has 0 bridgehead atoms. The number of amides is 2. The van der Waals surface area contributed by atoms with Crippen LogP contribution in [0, 0.1) is 0 Å². The molecule has 0 unspecified atom stereocenters. The molecule has 0 atom stereocenters. The van der Waals surface area contributed by atoms with Gasteiger partial charge in [-0.25, -0.2) is 4.98 Å². The van der Waals surface area contributed by atoms with Crippen LogP contribution < -0.4 is 10.6 Å². The minimum Gasteiger partial charge on any atom is -0.346 e. The number of hydrogen-bond donors (Lipinski definition) is 2. The first-order valence-corrected chi connectivity index (χ1v) is 13.6. The van der Waals surface area contributed by atoms with Crippen LogP contribution in [0.2, 0.25) is 0 Å². The van der Waals surface area contributed by atoms with E-state index in [1.54, 1.807) is 42.7 Å². The third-order valence-corrected chi connectivity index (χ3v) is 7.77. The van der Waals surface area contributed by atoms with Crippen LogP contribution in [0.25, 0.3) is 22.2 Å². The van der Waals surface area contributed by atoms with Crippen molar-refractivity contribution in [2.24, 2.45) is 0 Å². The lowest BCUT2D eigenvalue weighted by molar-refractivity contribution is -0.141. The van der Waals surface area contributed by atoms with Crippen LogP contribution in [0.1, 0.15) is 34.3 Å². The standard InChI is InChI=1S/C33H27F3N4O2.ClH/c34-33(35,36)20-37-31(42)32(26-13-6-4-11-24(26)25-12-5-7-14-27(25)32)17-8-18-40-21-38-28-19-23(15-16-29(28)40)39-30(41)22-9-2-1-3-10-22;/h1-7,9-16,19,21H,8,17-18,20H2,(H,37,42)(H,39,41);1H. The molecule has 0 saturated carbocycles. The minimum absolute atomic E-state index is 0. The summed E-state index contributed by atoms with van der Waals surface area (Å²) in [6, 6.07) is 29.2. The molecule has 0 radical (unpaired) electrons. The van der Waals surface area contributed by atoms with Crippen molar-refractivity contribution >= 4 is 40.9 Å². The fraction of sp³-hybridized carbons (Fsp3) is 0.182. The van der Waals surface area contributed by atoms with Crippen molar-refractivity contribution in [3.8, 4) is 11.1 Å². The molecule has 0 saturated heterocycles. The molecule has 6 nitrogen and oxygen atoms in total. The number of fused-ring (bicyclic) bond motifs is 4. The van der Waals surface area contributed by atoms with Gasteiger partial charge in [-0.2, -0.15) is 13.2 Å². The molecule has 2 N–H and O–H groups in total. The SMILES string of the molecule is Cl.O=C(Nc1ccc2c(c1)ncn2CCCC1(C(=O)NCC(F)(F)F)c2ccccc2-c2ccccc21)c1ccccc1. The molecule has 1 aliphatic rings. The lowest BCUT2D eigenvalue weighted by Crippen LogP contribution is -2.47. The van der Waals surface area contributed by atoms with E-state index in [0.717, 1.165) is 16.6 Å². The predicted molar refractivity (Wildman–Crippen MR) is 162 cm³/mol. The molecule has 1 aromatic heterocycles. The van der Waals surface area contributed by atoms with E-state index in [2.05, 4.69) is 15.6 Å². The fourth-order valence-electron chi connectivity index (χ4n) is 5.91. The number of nitrogens with one attached hydrogen (secondary N) is 2. The molecule has 1 aliphatic carbocycles. The average molecular weight is 605 g/mol. The van der Waals surface area contributed by atoms with E-state index < -0.39 is 24.0 Å². The van der Waals surface area contributed by atoms with Gasteiger partial charge in [0.2, 0.25) is 5.91 Å². The van der Waals surface area contributed by atoms with Gasteiger partial charge in [0.15, 0.2) is 0 Å². The summed E-state index contributed by atoms with van der Waals surface area (Å²) in [5, 5.41) is 5.06. The first-order valence-electron chi connectivity index (χ1n) is 13.6. The second-order valence-electron chi connectivity index (χ2n) is 10.4. The van der Waals surface area contributed by atoms with Gasteiger partial charge >= 0.3 is 6.18 Å². The van der Waals surface area contributed by atoms with Crippen LogP contribution in [-0.2, 0) is 16.8 Å². The largest absolute Gasteiger partial charge is 0.405 e. The number of imidazole rings is 1. The van der Waals surface area contributed by atoms with Gasteiger partial charge in [0.05, 0.1) is 17.4 Å². The van der Waals surface area contributed by atoms with Crippen LogP contribution in [0.5, 0.6) is 0 Å². The molecular weight excluding hydrogens is 577 g/mol. The Kier molecular flexibility index (Phi) is 8.28. The summed E-state index contributed by atoms with van der Waals surface area (Å²) >= 11 is 0. The molecular formula is C33H28ClF3N4O2. The highest BCUT2D eigenvalue weighted by atomic mass is 35.5. The summed E-state index contributed by atoms with van der Waals surface area (Å²) in [6.45, 7) is -0.905. The number of nitrogens with zero attached hydrogens (tertiary/aromatic N) is 2. The zero-order valence-electron chi connectivity index (χ0n) is 22.9. The molecule has 5 aromatic rings. The second kappa shape index (κ2) is 11.9. The van der Waals surface area contributed by atoms with E-state index >= 15 is 0 Å². The molecule has 43 heavy (non-hydrogen) atoms. The zero-order valence-corrected chi connectivity index (χ0v) is 23.7. The predicted octanol–water partition coefficient (Wildman–Crippen LogP) is 7.14. The summed E-state index contributed by atoms with van der Waals surface area (Å²) in [5.74, 6) is -0.882. The van der Waals surface area contributed by atoms with Crippen molar-refractivity contribution in [2.75, 3.05) is 11.9 Å². The van der Waals surface area contributed by atoms with Crippen LogP contribution >= 0.6 is 12.4 Å². The second-order valence-corrected chi connectivity index (χ2v) is 10.4. The molecule has 1 heterocycles. The maximum Gasteiger partial charge on any atom is 0.405 e. The van der Waals surface area contributed by atoms with E-state index in [1.165, 1.54) is 0 Å². The number of rotatable bonds is 8. The van der Waals surface area contributed by atoms with Crippen molar-refractivity contribution in [1.82, 2.24) is 14.9 Å². The summed E-state index contributed by atoms with van der Waals surface area (Å²) in [5.41, 5.74) is 4.56. The number of hydrogen-bond acceptors (Lipinski definition) is 3. The Morgan fingerprint density at radius 3 is 2.12 bits per heavy atom. The lowest BCUT2D eigenvalue weighted by Gasteiger charge is -2.31. The number of aryl methyl sites for hydroxylation is 1. The Hall–Kier alpha value is -4.63. The third kappa shape index (κ3) is 5.72. The highest BCUT2D eigenvalue weighted by molar-refractivity contribution is 6.05. The van der Waals surface area contributed by atoms with E-state index in [9.17, 15) is 22.8 Å². The van der Waals surface area contributed by atoms with Crippen molar-refractivity contribution in [2.45, 2.75) is 31.0 Å². The highest BCUT2D eigenvalue weighted by Crippen LogP contribution is 2.51. The van der Waals surface area contributed by atoms with Crippen LogP contribution in [-0.4, -0.2) is 34.1 Å². The van der Waals surface area contributed by atoms with Gasteiger partial charge in [-0.15, -0.1) is 12.4 Å². The fourth-order valence-corrected chi connectivity index (χ4v) is 5.91. The number of benzene rings is 4. The van der Waals surface area contributed by atoms with Gasteiger partial charge in [0, 0.05) is 17.8 Å². The van der Waals surface area contributed by atoms with E-state index in [1.807, 2.05) is 65.2 Å². The number of carbonyl (C=O) groups excluding carboxylic acids is 2. The van der Waals surface area contributed by atoms with E-state index in [4.69, 9.17) is 0 Å². The molecule has 10 heteroatoms. The molecule has 220 valence electrons. The van der Waals surface area contributed by atoms with Crippen LogP contribution in [0.3, 0.4) is 0 Å². The van der Waals surface area contributed by atoms with Crippen LogP contribution in [0.15, 0.2) is 103 Å². The summed E-state index contributed by atoms with van der Waals surface area (Å²) in [7, 11) is 0. The number of halogens is 4. The monoisotopic (exact) mass is 604 g/mol. The van der Waals surface area contributed by atoms with Gasteiger partial charge in [-0.1, -0.05) is 66.7 Å².